The zero-order valence-corrected chi connectivity index (χ0v) is 29.7. The quantitative estimate of drug-likeness (QED) is 0.0595. The van der Waals surface area contributed by atoms with Crippen LogP contribution >= 0.6 is 0 Å². The maximum Gasteiger partial charge on any atom is 0.397 e. The first kappa shape index (κ1) is 46.1. The van der Waals surface area contributed by atoms with Crippen LogP contribution in [0.5, 0.6) is 0 Å². The third kappa shape index (κ3) is 16.1. The van der Waals surface area contributed by atoms with Crippen LogP contribution in [-0.4, -0.2) is 159 Å². The Hall–Kier alpha value is -1.03. The number of ether oxygens (including phenoxy) is 3. The predicted octanol–water partition coefficient (Wildman–Crippen LogP) is -5.33. The van der Waals surface area contributed by atoms with Crippen molar-refractivity contribution in [2.24, 2.45) is 5.92 Å². The minimum Gasteiger partial charge on any atom is -0.341 e. The monoisotopic (exact) mass is 900 g/mol. The Morgan fingerprint density at radius 2 is 0.902 bits per heavy atom. The molecule has 0 spiro atoms. The lowest BCUT2D eigenvalue weighted by molar-refractivity contribution is -0.371. The van der Waals surface area contributed by atoms with E-state index in [4.69, 9.17) is 23.3 Å². The molecule has 2 heterocycles. The molecule has 0 aromatic heterocycles. The first-order chi connectivity index (χ1) is 22.5. The van der Waals surface area contributed by atoms with Gasteiger partial charge >= 0.3 is 72.8 Å². The minimum atomic E-state index is -6.08. The summed E-state index contributed by atoms with van der Waals surface area (Å²) in [6.45, 7) is -4.84. The largest absolute Gasteiger partial charge is 0.397 e. The van der Waals surface area contributed by atoms with Crippen molar-refractivity contribution in [3.63, 3.8) is 0 Å². The van der Waals surface area contributed by atoms with Gasteiger partial charge in [-0.05, 0) is 0 Å². The van der Waals surface area contributed by atoms with Crippen molar-refractivity contribution in [1.82, 2.24) is 0 Å². The van der Waals surface area contributed by atoms with Gasteiger partial charge in [0.2, 0.25) is 5.79 Å². The molecule has 0 bridgehead atoms. The lowest BCUT2D eigenvalue weighted by Gasteiger charge is -2.46. The van der Waals surface area contributed by atoms with Crippen molar-refractivity contribution in [3.05, 3.63) is 0 Å². The highest BCUT2D eigenvalue weighted by Gasteiger charge is 2.64. The predicted molar refractivity (Wildman–Crippen MR) is 145 cm³/mol. The molecule has 0 aromatic rings. The summed E-state index contributed by atoms with van der Waals surface area (Å²) in [6, 6.07) is 0. The van der Waals surface area contributed by atoms with E-state index in [0.717, 1.165) is 0 Å². The summed E-state index contributed by atoms with van der Waals surface area (Å²) >= 11 is 0. The molecular weight excluding hydrogens is 877 g/mol. The molecule has 31 nitrogen and oxygen atoms in total. The normalized spacial score (nSPS) is 31.8. The molecule has 9 atom stereocenters. The summed E-state index contributed by atoms with van der Waals surface area (Å²) in [5, 5.41) is 0. The van der Waals surface area contributed by atoms with Crippen molar-refractivity contribution >= 4 is 72.8 Å². The van der Waals surface area contributed by atoms with Crippen molar-refractivity contribution in [2.45, 2.75) is 55.6 Å². The molecule has 0 saturated carbocycles. The average molecular weight is 901 g/mol. The molecular formula is C13H24O31S7. The van der Waals surface area contributed by atoms with Crippen molar-refractivity contribution in [2.75, 3.05) is 19.8 Å². The highest BCUT2D eigenvalue weighted by Crippen LogP contribution is 2.43. The standard InChI is InChI=1S/C13H24O31S7/c1-5-8(41-48(23,24)25)6(2-35-45(14,15)16)38-12(9(5)42-49(26,27)28)40-13(4-37-47(20,21)22)11(44-51(32,33)34)10(43-50(29,30)31)7(39-13)3-36-46(17,18)19/h5-12H,2-4H2,1H3,(H,14,15,16)(H,17,18,19)(H,20,21,22)(H,23,24,25)(H,26,27,28)(H,29,30,31)(H,32,33,34)/t5-,6+,7?,8-,9+,10-,11+,12?,13+/m0/s1. The molecule has 2 aliphatic heterocycles. The van der Waals surface area contributed by atoms with E-state index in [1.807, 2.05) is 0 Å². The van der Waals surface area contributed by atoms with Gasteiger partial charge in [0.05, 0.1) is 13.2 Å². The Morgan fingerprint density at radius 3 is 1.31 bits per heavy atom. The highest BCUT2D eigenvalue weighted by molar-refractivity contribution is 7.82. The molecule has 2 rings (SSSR count). The lowest BCUT2D eigenvalue weighted by atomic mass is 9.91. The van der Waals surface area contributed by atoms with Crippen LogP contribution in [-0.2, 0) is 116 Å². The van der Waals surface area contributed by atoms with E-state index in [0.29, 0.717) is 6.92 Å². The lowest BCUT2D eigenvalue weighted by Crippen LogP contribution is -2.62. The van der Waals surface area contributed by atoms with Gasteiger partial charge in [0, 0.05) is 5.92 Å². The number of hydrogen-bond donors (Lipinski definition) is 7. The second-order valence-corrected chi connectivity index (χ2v) is 17.0. The third-order valence-corrected chi connectivity index (χ3v) is 8.97. The average Bonchev–Trinajstić information content (AvgIpc) is 3.11. The smallest absolute Gasteiger partial charge is 0.341 e. The fourth-order valence-corrected chi connectivity index (χ4v) is 7.35. The SMILES string of the molecule is C[C@H]1[C@H](OS(=O)(=O)O)[C@@H](COS(=O)(=O)O)OC(O[C@@]2(COS(=O)(=O)O)OC(COS(=O)(=O)O)[C@H](OS(=O)(=O)O)[C@H]2OS(=O)(=O)O)[C@@H]1OS(=O)(=O)O. The van der Waals surface area contributed by atoms with Gasteiger partial charge in [-0.1, -0.05) is 6.92 Å². The van der Waals surface area contributed by atoms with Crippen LogP contribution in [0, 0.1) is 5.92 Å². The maximum atomic E-state index is 11.8. The Labute approximate surface area is 287 Å². The Balaban J connectivity index is 2.92. The molecule has 2 unspecified atom stereocenters. The van der Waals surface area contributed by atoms with E-state index in [1.54, 1.807) is 0 Å². The van der Waals surface area contributed by atoms with Gasteiger partial charge < -0.3 is 14.2 Å². The Bertz CT molecular complexity index is 2020. The molecule has 0 aliphatic carbocycles. The van der Waals surface area contributed by atoms with E-state index in [9.17, 15) is 81.7 Å². The van der Waals surface area contributed by atoms with Gasteiger partial charge in [-0.25, -0.2) is 29.3 Å². The molecule has 51 heavy (non-hydrogen) atoms. The number of hydrogen-bond acceptors (Lipinski definition) is 24. The number of rotatable bonds is 19. The molecule has 38 heteroatoms. The van der Waals surface area contributed by atoms with Crippen LogP contribution < -0.4 is 0 Å². The maximum absolute atomic E-state index is 11.8. The van der Waals surface area contributed by atoms with Gasteiger partial charge in [-0.3, -0.25) is 31.9 Å². The van der Waals surface area contributed by atoms with E-state index in [-0.39, 0.29) is 0 Å². The highest BCUT2D eigenvalue weighted by atomic mass is 32.3. The summed E-state index contributed by atoms with van der Waals surface area (Å²) in [5.74, 6) is -5.93. The van der Waals surface area contributed by atoms with Gasteiger partial charge in [-0.2, -0.15) is 58.9 Å². The molecule has 0 amide bonds. The van der Waals surface area contributed by atoms with E-state index >= 15 is 0 Å². The van der Waals surface area contributed by atoms with Gasteiger partial charge in [-0.15, -0.1) is 0 Å². The van der Waals surface area contributed by atoms with E-state index in [2.05, 4.69) is 29.3 Å². The Kier molecular flexibility index (Phi) is 14.5. The zero-order valence-electron chi connectivity index (χ0n) is 24.0. The summed E-state index contributed by atoms with van der Waals surface area (Å²) in [5.41, 5.74) is 0. The van der Waals surface area contributed by atoms with Gasteiger partial charge in [0.15, 0.2) is 12.4 Å². The van der Waals surface area contributed by atoms with Crippen LogP contribution in [0.25, 0.3) is 0 Å². The summed E-state index contributed by atoms with van der Waals surface area (Å²) in [6.07, 6.45) is -19.4. The van der Waals surface area contributed by atoms with Crippen molar-refractivity contribution in [3.8, 4) is 0 Å². The van der Waals surface area contributed by atoms with Crippen LogP contribution in [0.1, 0.15) is 6.92 Å². The van der Waals surface area contributed by atoms with Gasteiger partial charge in [0.1, 0.15) is 37.1 Å². The molecule has 2 fully saturated rings. The van der Waals surface area contributed by atoms with E-state index in [1.165, 1.54) is 0 Å². The fourth-order valence-electron chi connectivity index (χ4n) is 4.27. The third-order valence-electron chi connectivity index (χ3n) is 5.84. The van der Waals surface area contributed by atoms with Crippen LogP contribution in [0.15, 0.2) is 0 Å². The summed E-state index contributed by atoms with van der Waals surface area (Å²) in [7, 11) is -40.4. The van der Waals surface area contributed by atoms with Gasteiger partial charge in [0.25, 0.3) is 0 Å². The molecule has 2 aliphatic rings. The van der Waals surface area contributed by atoms with Crippen LogP contribution in [0.3, 0.4) is 0 Å². The molecule has 7 N–H and O–H groups in total. The first-order valence-electron chi connectivity index (χ1n) is 12.0. The van der Waals surface area contributed by atoms with Crippen molar-refractivity contribution < 1.29 is 134 Å². The van der Waals surface area contributed by atoms with E-state index < -0.39 is 147 Å². The van der Waals surface area contributed by atoms with Crippen LogP contribution in [0.2, 0.25) is 0 Å². The second kappa shape index (κ2) is 16.0. The minimum absolute atomic E-state index is 0.695. The summed E-state index contributed by atoms with van der Waals surface area (Å²) < 4.78 is 270. The molecule has 0 radical (unpaired) electrons. The zero-order chi connectivity index (χ0) is 39.8. The molecule has 304 valence electrons. The first-order valence-corrected chi connectivity index (χ1v) is 21.5. The molecule has 0 aromatic carbocycles. The Morgan fingerprint density at radius 1 is 0.510 bits per heavy atom. The van der Waals surface area contributed by atoms with Crippen molar-refractivity contribution in [1.29, 1.82) is 0 Å². The van der Waals surface area contributed by atoms with Crippen LogP contribution in [0.4, 0.5) is 0 Å². The molecule has 2 saturated heterocycles. The summed E-state index contributed by atoms with van der Waals surface area (Å²) in [4.78, 5) is 0. The topological polar surface area (TPSA) is 473 Å². The fraction of sp³-hybridized carbons (Fsp3) is 1.00. The second-order valence-electron chi connectivity index (χ2n) is 9.51.